The number of anilines is 1. The summed E-state index contributed by atoms with van der Waals surface area (Å²) in [6.07, 6.45) is 1.29. The summed E-state index contributed by atoms with van der Waals surface area (Å²) < 4.78 is 5.28. The molecule has 1 fully saturated rings. The molecule has 1 heterocycles. The number of hydrogen-bond acceptors (Lipinski definition) is 4. The van der Waals surface area contributed by atoms with E-state index in [2.05, 4.69) is 6.07 Å². The molecule has 0 aliphatic carbocycles. The van der Waals surface area contributed by atoms with Gasteiger partial charge >= 0.3 is 0 Å². The Hall–Kier alpha value is -1.57. The Bertz CT molecular complexity index is 487. The van der Waals surface area contributed by atoms with E-state index in [4.69, 9.17) is 4.74 Å². The molecule has 0 radical (unpaired) electrons. The molecular weight excluding hydrogens is 240 g/mol. The van der Waals surface area contributed by atoms with Gasteiger partial charge in [-0.25, -0.2) is 0 Å². The van der Waals surface area contributed by atoms with Crippen LogP contribution in [0.25, 0.3) is 0 Å². The largest absolute Gasteiger partial charge is 0.388 e. The lowest BCUT2D eigenvalue weighted by Crippen LogP contribution is -2.45. The van der Waals surface area contributed by atoms with Crippen molar-refractivity contribution in [3.8, 4) is 6.07 Å². The van der Waals surface area contributed by atoms with Gasteiger partial charge < -0.3 is 14.7 Å². The van der Waals surface area contributed by atoms with Gasteiger partial charge in [-0.1, -0.05) is 6.07 Å². The van der Waals surface area contributed by atoms with Crippen molar-refractivity contribution in [3.63, 3.8) is 0 Å². The Morgan fingerprint density at radius 3 is 2.74 bits per heavy atom. The quantitative estimate of drug-likeness (QED) is 0.901. The summed E-state index contributed by atoms with van der Waals surface area (Å²) in [5.41, 5.74) is 1.87. The fourth-order valence-electron chi connectivity index (χ4n) is 2.51. The van der Waals surface area contributed by atoms with Crippen molar-refractivity contribution in [1.82, 2.24) is 0 Å². The van der Waals surface area contributed by atoms with Gasteiger partial charge in [0.1, 0.15) is 6.07 Å². The van der Waals surface area contributed by atoms with Crippen molar-refractivity contribution in [2.45, 2.75) is 25.4 Å². The van der Waals surface area contributed by atoms with E-state index in [9.17, 15) is 10.4 Å². The molecule has 0 spiro atoms. The predicted molar refractivity (Wildman–Crippen MR) is 74.2 cm³/mol. The summed E-state index contributed by atoms with van der Waals surface area (Å²) in [6, 6.07) is 8.02. The first-order chi connectivity index (χ1) is 9.04. The van der Waals surface area contributed by atoms with Crippen molar-refractivity contribution >= 4 is 5.69 Å². The maximum Gasteiger partial charge on any atom is 0.101 e. The Labute approximate surface area is 114 Å². The molecule has 1 aliphatic rings. The van der Waals surface area contributed by atoms with E-state index in [0.29, 0.717) is 38.2 Å². The first-order valence-corrected chi connectivity index (χ1v) is 6.56. The number of nitrogens with zero attached hydrogens (tertiary/aromatic N) is 2. The van der Waals surface area contributed by atoms with Crippen LogP contribution in [0.15, 0.2) is 18.2 Å². The van der Waals surface area contributed by atoms with E-state index < -0.39 is 5.60 Å². The summed E-state index contributed by atoms with van der Waals surface area (Å²) in [6.45, 7) is 3.69. The van der Waals surface area contributed by atoms with Crippen LogP contribution >= 0.6 is 0 Å². The van der Waals surface area contributed by atoms with Crippen LogP contribution in [0.2, 0.25) is 0 Å². The minimum Gasteiger partial charge on any atom is -0.388 e. The average molecular weight is 260 g/mol. The average Bonchev–Trinajstić information content (AvgIpc) is 2.38. The molecular formula is C15H20N2O2. The molecule has 4 nitrogen and oxygen atoms in total. The highest BCUT2D eigenvalue weighted by Gasteiger charge is 2.31. The molecule has 0 saturated carbocycles. The van der Waals surface area contributed by atoms with Gasteiger partial charge in [0.15, 0.2) is 0 Å². The second-order valence-corrected chi connectivity index (χ2v) is 5.33. The molecule has 1 N–H and O–H groups in total. The van der Waals surface area contributed by atoms with Crippen molar-refractivity contribution in [1.29, 1.82) is 5.26 Å². The second kappa shape index (κ2) is 5.60. The van der Waals surface area contributed by atoms with Crippen LogP contribution in [0.3, 0.4) is 0 Å². The highest BCUT2D eigenvalue weighted by Crippen LogP contribution is 2.26. The minimum atomic E-state index is -0.718. The zero-order valence-corrected chi connectivity index (χ0v) is 11.5. The second-order valence-electron chi connectivity index (χ2n) is 5.33. The van der Waals surface area contributed by atoms with Gasteiger partial charge in [0.25, 0.3) is 0 Å². The zero-order valence-electron chi connectivity index (χ0n) is 11.5. The summed E-state index contributed by atoms with van der Waals surface area (Å²) in [7, 11) is 1.92. The van der Waals surface area contributed by atoms with Gasteiger partial charge in [0.05, 0.1) is 16.9 Å². The van der Waals surface area contributed by atoms with Crippen LogP contribution in [0.4, 0.5) is 5.69 Å². The lowest BCUT2D eigenvalue weighted by Gasteiger charge is -2.36. The van der Waals surface area contributed by atoms with E-state index in [1.165, 1.54) is 0 Å². The topological polar surface area (TPSA) is 56.5 Å². The third-order valence-electron chi connectivity index (χ3n) is 3.64. The molecule has 0 unspecified atom stereocenters. The van der Waals surface area contributed by atoms with E-state index in [-0.39, 0.29) is 0 Å². The summed E-state index contributed by atoms with van der Waals surface area (Å²) in [5.74, 6) is 0. The van der Waals surface area contributed by atoms with Crippen LogP contribution in [-0.2, 0) is 4.74 Å². The van der Waals surface area contributed by atoms with Crippen LogP contribution in [0, 0.1) is 18.3 Å². The van der Waals surface area contributed by atoms with Gasteiger partial charge in [-0.3, -0.25) is 0 Å². The summed E-state index contributed by atoms with van der Waals surface area (Å²) in [5, 5.41) is 19.7. The molecule has 0 atom stereocenters. The maximum atomic E-state index is 10.5. The first-order valence-electron chi connectivity index (χ1n) is 6.56. The SMILES string of the molecule is Cc1ccc(N(C)CC2(O)CCOCC2)c(C#N)c1. The lowest BCUT2D eigenvalue weighted by molar-refractivity contribution is -0.0572. The monoisotopic (exact) mass is 260 g/mol. The molecule has 0 bridgehead atoms. The van der Waals surface area contributed by atoms with Crippen molar-refractivity contribution in [2.75, 3.05) is 31.7 Å². The third kappa shape index (κ3) is 3.25. The molecule has 0 aromatic heterocycles. The Kier molecular flexibility index (Phi) is 4.08. The summed E-state index contributed by atoms with van der Waals surface area (Å²) in [4.78, 5) is 1.96. The minimum absolute atomic E-state index is 0.522. The van der Waals surface area contributed by atoms with Crippen LogP contribution < -0.4 is 4.90 Å². The molecule has 1 saturated heterocycles. The fourth-order valence-corrected chi connectivity index (χ4v) is 2.51. The number of nitriles is 1. The van der Waals surface area contributed by atoms with E-state index >= 15 is 0 Å². The Balaban J connectivity index is 2.15. The zero-order chi connectivity index (χ0) is 13.9. The highest BCUT2D eigenvalue weighted by atomic mass is 16.5. The fraction of sp³-hybridized carbons (Fsp3) is 0.533. The van der Waals surface area contributed by atoms with Crippen molar-refractivity contribution in [3.05, 3.63) is 29.3 Å². The Morgan fingerprint density at radius 2 is 2.11 bits per heavy atom. The van der Waals surface area contributed by atoms with Crippen LogP contribution in [0.5, 0.6) is 0 Å². The van der Waals surface area contributed by atoms with Gasteiger partial charge in [-0.15, -0.1) is 0 Å². The molecule has 102 valence electrons. The summed E-state index contributed by atoms with van der Waals surface area (Å²) >= 11 is 0. The molecule has 0 amide bonds. The molecule has 1 aromatic carbocycles. The number of benzene rings is 1. The number of rotatable bonds is 3. The molecule has 4 heteroatoms. The van der Waals surface area contributed by atoms with Gasteiger partial charge in [0.2, 0.25) is 0 Å². The number of hydrogen-bond donors (Lipinski definition) is 1. The standard InChI is InChI=1S/C15H20N2O2/c1-12-3-4-14(13(9-12)10-16)17(2)11-15(18)5-7-19-8-6-15/h3-4,9,18H,5-8,11H2,1-2H3. The molecule has 1 aliphatic heterocycles. The third-order valence-corrected chi connectivity index (χ3v) is 3.64. The van der Waals surface area contributed by atoms with E-state index in [1.807, 2.05) is 37.1 Å². The van der Waals surface area contributed by atoms with Gasteiger partial charge in [-0.05, 0) is 24.6 Å². The van der Waals surface area contributed by atoms with E-state index in [0.717, 1.165) is 11.3 Å². The lowest BCUT2D eigenvalue weighted by atomic mass is 9.93. The van der Waals surface area contributed by atoms with Crippen LogP contribution in [0.1, 0.15) is 24.0 Å². The van der Waals surface area contributed by atoms with Crippen molar-refractivity contribution in [2.24, 2.45) is 0 Å². The maximum absolute atomic E-state index is 10.5. The Morgan fingerprint density at radius 1 is 1.42 bits per heavy atom. The molecule has 2 rings (SSSR count). The molecule has 1 aromatic rings. The number of aryl methyl sites for hydroxylation is 1. The smallest absolute Gasteiger partial charge is 0.101 e. The van der Waals surface area contributed by atoms with E-state index in [1.54, 1.807) is 0 Å². The molecule has 19 heavy (non-hydrogen) atoms. The first kappa shape index (κ1) is 13.9. The predicted octanol–water partition coefficient (Wildman–Crippen LogP) is 1.84. The van der Waals surface area contributed by atoms with Gasteiger partial charge in [0, 0.05) is 39.6 Å². The number of aliphatic hydroxyl groups is 1. The van der Waals surface area contributed by atoms with Crippen LogP contribution in [-0.4, -0.2) is 37.5 Å². The highest BCUT2D eigenvalue weighted by molar-refractivity contribution is 5.60. The van der Waals surface area contributed by atoms with Crippen molar-refractivity contribution < 1.29 is 9.84 Å². The van der Waals surface area contributed by atoms with Gasteiger partial charge in [-0.2, -0.15) is 5.26 Å². The number of ether oxygens (including phenoxy) is 1. The normalized spacial score (nSPS) is 17.8. The number of likely N-dealkylation sites (N-methyl/N-ethyl adjacent to an activating group) is 1.